The summed E-state index contributed by atoms with van der Waals surface area (Å²) in [6, 6.07) is 6.30. The summed E-state index contributed by atoms with van der Waals surface area (Å²) in [5.74, 6) is 0.507. The van der Waals surface area contributed by atoms with Crippen molar-refractivity contribution in [3.63, 3.8) is 0 Å². The molecule has 0 aliphatic carbocycles. The molecule has 0 atom stereocenters. The molecule has 0 bridgehead atoms. The molecule has 0 aliphatic rings. The van der Waals surface area contributed by atoms with Gasteiger partial charge in [-0.1, -0.05) is 23.8 Å². The topological polar surface area (TPSA) is 43.4 Å². The van der Waals surface area contributed by atoms with E-state index in [1.807, 2.05) is 19.1 Å². The molecule has 0 saturated carbocycles. The number of ether oxygens (including phenoxy) is 1. The molecule has 0 heterocycles. The number of rotatable bonds is 4. The molecule has 0 unspecified atom stereocenters. The molecule has 0 spiro atoms. The van der Waals surface area contributed by atoms with Crippen molar-refractivity contribution in [3.05, 3.63) is 61.9 Å². The molecule has 2 aromatic rings. The fourth-order valence-corrected chi connectivity index (χ4v) is 1.75. The van der Waals surface area contributed by atoms with Crippen LogP contribution in [0.5, 0.6) is 5.75 Å². The molecular formula is C14H11ClO3. The standard InChI is InChI=1S/C14H11ClO3/c1-2-3-6-18-13-7-9(15)4-5-10(13)11-8-12(16)14(11)17/h2-5,7-8H,6H2,1H3/b3-2+. The van der Waals surface area contributed by atoms with Crippen LogP contribution >= 0.6 is 11.6 Å². The Kier molecular flexibility index (Phi) is 3.63. The van der Waals surface area contributed by atoms with Gasteiger partial charge in [-0.05, 0) is 25.1 Å². The minimum atomic E-state index is -0.479. The van der Waals surface area contributed by atoms with Gasteiger partial charge in [0, 0.05) is 22.2 Å². The molecule has 0 fully saturated rings. The Balaban J connectivity index is 2.38. The van der Waals surface area contributed by atoms with E-state index in [4.69, 9.17) is 16.3 Å². The predicted molar refractivity (Wildman–Crippen MR) is 72.1 cm³/mol. The van der Waals surface area contributed by atoms with Crippen molar-refractivity contribution in [1.82, 2.24) is 0 Å². The van der Waals surface area contributed by atoms with Crippen molar-refractivity contribution >= 4 is 11.6 Å². The quantitative estimate of drug-likeness (QED) is 0.628. The number of allylic oxidation sites excluding steroid dienone is 1. The molecule has 0 aliphatic heterocycles. The highest BCUT2D eigenvalue weighted by molar-refractivity contribution is 6.30. The highest BCUT2D eigenvalue weighted by Crippen LogP contribution is 2.30. The van der Waals surface area contributed by atoms with Crippen LogP contribution in [0.4, 0.5) is 0 Å². The first-order valence-electron chi connectivity index (χ1n) is 5.47. The normalized spacial score (nSPS) is 11.2. The van der Waals surface area contributed by atoms with Crippen LogP contribution in [0.1, 0.15) is 6.92 Å². The van der Waals surface area contributed by atoms with Crippen molar-refractivity contribution in [1.29, 1.82) is 0 Å². The van der Waals surface area contributed by atoms with E-state index in [0.29, 0.717) is 28.5 Å². The summed E-state index contributed by atoms with van der Waals surface area (Å²) in [6.07, 6.45) is 3.70. The molecule has 3 nitrogen and oxygen atoms in total. The molecule has 4 heteroatoms. The average Bonchev–Trinajstić information content (AvgIpc) is 2.37. The van der Waals surface area contributed by atoms with E-state index in [1.165, 1.54) is 6.07 Å². The Morgan fingerprint density at radius 1 is 1.22 bits per heavy atom. The van der Waals surface area contributed by atoms with Crippen LogP contribution in [0, 0.1) is 0 Å². The second-order valence-electron chi connectivity index (χ2n) is 3.77. The molecule has 0 saturated heterocycles. The van der Waals surface area contributed by atoms with Crippen molar-refractivity contribution in [2.75, 3.05) is 6.61 Å². The van der Waals surface area contributed by atoms with Gasteiger partial charge < -0.3 is 4.74 Å². The third-order valence-electron chi connectivity index (χ3n) is 2.55. The zero-order valence-electron chi connectivity index (χ0n) is 9.77. The molecule has 2 rings (SSSR count). The zero-order valence-corrected chi connectivity index (χ0v) is 10.5. The summed E-state index contributed by atoms with van der Waals surface area (Å²) < 4.78 is 5.52. The van der Waals surface area contributed by atoms with Crippen LogP contribution in [0.2, 0.25) is 5.02 Å². The second-order valence-corrected chi connectivity index (χ2v) is 4.21. The summed E-state index contributed by atoms with van der Waals surface area (Å²) in [5.41, 5.74) is 0.0354. The smallest absolute Gasteiger partial charge is 0.233 e. The van der Waals surface area contributed by atoms with E-state index in [-0.39, 0.29) is 0 Å². The summed E-state index contributed by atoms with van der Waals surface area (Å²) in [4.78, 5) is 22.4. The monoisotopic (exact) mass is 262 g/mol. The second kappa shape index (κ2) is 5.19. The van der Waals surface area contributed by atoms with Crippen LogP contribution in [-0.4, -0.2) is 6.61 Å². The van der Waals surface area contributed by atoms with E-state index in [1.54, 1.807) is 18.2 Å². The molecule has 0 N–H and O–H groups in total. The van der Waals surface area contributed by atoms with Gasteiger partial charge in [0.25, 0.3) is 0 Å². The first kappa shape index (κ1) is 12.6. The third kappa shape index (κ3) is 2.36. The lowest BCUT2D eigenvalue weighted by Crippen LogP contribution is -2.30. The number of hydrogen-bond acceptors (Lipinski definition) is 3. The minimum absolute atomic E-state index is 0.382. The number of halogens is 1. The van der Waals surface area contributed by atoms with Crippen molar-refractivity contribution in [3.8, 4) is 16.9 Å². The van der Waals surface area contributed by atoms with E-state index >= 15 is 0 Å². The third-order valence-corrected chi connectivity index (χ3v) is 2.78. The van der Waals surface area contributed by atoms with E-state index in [9.17, 15) is 9.59 Å². The maximum Gasteiger partial charge on any atom is 0.233 e. The van der Waals surface area contributed by atoms with Gasteiger partial charge in [0.15, 0.2) is 0 Å². The Morgan fingerprint density at radius 3 is 2.61 bits per heavy atom. The van der Waals surface area contributed by atoms with Gasteiger partial charge >= 0.3 is 0 Å². The Bertz CT molecular complexity index is 664. The summed E-state index contributed by atoms with van der Waals surface area (Å²) in [7, 11) is 0. The predicted octanol–water partition coefficient (Wildman–Crippen LogP) is 2.56. The molecule has 2 aromatic carbocycles. The van der Waals surface area contributed by atoms with E-state index in [2.05, 4.69) is 0 Å². The van der Waals surface area contributed by atoms with Crippen molar-refractivity contribution < 1.29 is 4.74 Å². The maximum atomic E-state index is 11.4. The van der Waals surface area contributed by atoms with Gasteiger partial charge in [0.1, 0.15) is 12.4 Å². The van der Waals surface area contributed by atoms with Crippen LogP contribution in [0.15, 0.2) is 46.0 Å². The van der Waals surface area contributed by atoms with Crippen molar-refractivity contribution in [2.24, 2.45) is 0 Å². The summed E-state index contributed by atoms with van der Waals surface area (Å²) in [5, 5.41) is 0.521. The maximum absolute atomic E-state index is 11.4. The van der Waals surface area contributed by atoms with E-state index < -0.39 is 10.9 Å². The molecular weight excluding hydrogens is 252 g/mol. The zero-order chi connectivity index (χ0) is 13.1. The van der Waals surface area contributed by atoms with Gasteiger partial charge in [-0.25, -0.2) is 0 Å². The number of hydrogen-bond donors (Lipinski definition) is 0. The van der Waals surface area contributed by atoms with E-state index in [0.717, 1.165) is 0 Å². The van der Waals surface area contributed by atoms with Crippen molar-refractivity contribution in [2.45, 2.75) is 6.92 Å². The van der Waals surface area contributed by atoms with Crippen LogP contribution in [0.3, 0.4) is 0 Å². The van der Waals surface area contributed by atoms with Gasteiger partial charge in [0.05, 0.1) is 0 Å². The lowest BCUT2D eigenvalue weighted by atomic mass is 10.0. The highest BCUT2D eigenvalue weighted by Gasteiger charge is 2.16. The highest BCUT2D eigenvalue weighted by atomic mass is 35.5. The summed E-state index contributed by atoms with van der Waals surface area (Å²) in [6.45, 7) is 2.28. The van der Waals surface area contributed by atoms with Gasteiger partial charge in [0.2, 0.25) is 10.9 Å². The Morgan fingerprint density at radius 2 is 2.00 bits per heavy atom. The molecule has 18 heavy (non-hydrogen) atoms. The Labute approximate surface area is 109 Å². The SMILES string of the molecule is C/C=C/COc1cc(Cl)ccc1-c1cc(=O)c1=O. The molecule has 0 amide bonds. The number of benzene rings is 1. The first-order valence-corrected chi connectivity index (χ1v) is 5.85. The summed E-state index contributed by atoms with van der Waals surface area (Å²) >= 11 is 5.89. The van der Waals surface area contributed by atoms with Gasteiger partial charge in [-0.3, -0.25) is 9.59 Å². The largest absolute Gasteiger partial charge is 0.489 e. The average molecular weight is 263 g/mol. The molecule has 92 valence electrons. The first-order chi connectivity index (χ1) is 8.63. The minimum Gasteiger partial charge on any atom is -0.489 e. The lowest BCUT2D eigenvalue weighted by molar-refractivity contribution is 0.364. The molecule has 0 aromatic heterocycles. The fraction of sp³-hybridized carbons (Fsp3) is 0.143. The van der Waals surface area contributed by atoms with Gasteiger partial charge in [-0.15, -0.1) is 0 Å². The van der Waals surface area contributed by atoms with Gasteiger partial charge in [-0.2, -0.15) is 0 Å². The van der Waals surface area contributed by atoms with Crippen LogP contribution in [-0.2, 0) is 0 Å². The lowest BCUT2D eigenvalue weighted by Gasteiger charge is -2.11. The Hall–Kier alpha value is -1.87. The van der Waals surface area contributed by atoms with Crippen LogP contribution in [0.25, 0.3) is 11.1 Å². The van der Waals surface area contributed by atoms with Crippen LogP contribution < -0.4 is 15.6 Å². The fourth-order valence-electron chi connectivity index (χ4n) is 1.59. The molecule has 0 radical (unpaired) electrons.